The maximum absolute atomic E-state index is 12.5. The molecule has 0 bridgehead atoms. The first-order valence-corrected chi connectivity index (χ1v) is 8.45. The molecule has 26 heavy (non-hydrogen) atoms. The summed E-state index contributed by atoms with van der Waals surface area (Å²) in [6.07, 6.45) is 2.53. The number of benzene rings is 1. The molecule has 1 unspecified atom stereocenters. The van der Waals surface area contributed by atoms with Crippen LogP contribution in [0.25, 0.3) is 0 Å². The molecule has 1 aromatic rings. The summed E-state index contributed by atoms with van der Waals surface area (Å²) < 4.78 is 10.4. The first-order valence-electron chi connectivity index (χ1n) is 8.45. The minimum Gasteiger partial charge on any atom is -0.504 e. The van der Waals surface area contributed by atoms with Crippen LogP contribution in [0.15, 0.2) is 36.1 Å². The number of carbonyl (C=O) groups excluding carboxylic acids is 2. The van der Waals surface area contributed by atoms with Gasteiger partial charge >= 0.3 is 12.0 Å². The number of nitrogens with one attached hydrogen (secondary N) is 2. The number of phenols is 1. The largest absolute Gasteiger partial charge is 0.504 e. The van der Waals surface area contributed by atoms with Crippen LogP contribution in [-0.4, -0.2) is 30.8 Å². The molecule has 1 aromatic carbocycles. The highest BCUT2D eigenvalue weighted by Crippen LogP contribution is 2.37. The van der Waals surface area contributed by atoms with Gasteiger partial charge in [0.2, 0.25) is 0 Å². The number of ether oxygens (including phenoxy) is 2. The fourth-order valence-corrected chi connectivity index (χ4v) is 2.92. The third kappa shape index (κ3) is 3.82. The molecule has 0 aromatic heterocycles. The van der Waals surface area contributed by atoms with E-state index in [-0.39, 0.29) is 18.1 Å². The Morgan fingerprint density at radius 2 is 2.12 bits per heavy atom. The molecule has 1 aliphatic heterocycles. The number of methoxy groups -OCH3 is 1. The van der Waals surface area contributed by atoms with Crippen molar-refractivity contribution in [1.82, 2.24) is 10.6 Å². The Morgan fingerprint density at radius 1 is 1.38 bits per heavy atom. The number of urea groups is 1. The first kappa shape index (κ1) is 19.4. The van der Waals surface area contributed by atoms with Crippen LogP contribution in [0.5, 0.6) is 11.5 Å². The minimum atomic E-state index is -0.712. The third-order valence-corrected chi connectivity index (χ3v) is 4.10. The van der Waals surface area contributed by atoms with E-state index in [1.807, 2.05) is 6.92 Å². The van der Waals surface area contributed by atoms with Crippen LogP contribution in [0, 0.1) is 0 Å². The second-order valence-corrected chi connectivity index (χ2v) is 5.72. The quantitative estimate of drug-likeness (QED) is 0.513. The lowest BCUT2D eigenvalue weighted by Crippen LogP contribution is -2.45. The number of rotatable bonds is 7. The van der Waals surface area contributed by atoms with Crippen molar-refractivity contribution in [2.24, 2.45) is 0 Å². The Labute approximate surface area is 152 Å². The van der Waals surface area contributed by atoms with Crippen molar-refractivity contribution in [3.8, 4) is 11.5 Å². The molecule has 0 aliphatic carbocycles. The summed E-state index contributed by atoms with van der Waals surface area (Å²) in [6.45, 7) is 7.47. The van der Waals surface area contributed by atoms with E-state index in [2.05, 4.69) is 17.2 Å². The molecule has 0 radical (unpaired) electrons. The summed E-state index contributed by atoms with van der Waals surface area (Å²) in [5, 5.41) is 15.7. The van der Waals surface area contributed by atoms with Gasteiger partial charge in [-0.2, -0.15) is 0 Å². The molecule has 0 spiro atoms. The van der Waals surface area contributed by atoms with Gasteiger partial charge in [0.05, 0.1) is 25.3 Å². The van der Waals surface area contributed by atoms with Crippen molar-refractivity contribution in [1.29, 1.82) is 0 Å². The number of aromatic hydroxyl groups is 1. The molecule has 7 nitrogen and oxygen atoms in total. The van der Waals surface area contributed by atoms with Crippen LogP contribution in [0.1, 0.15) is 37.4 Å². The van der Waals surface area contributed by atoms with E-state index in [1.165, 1.54) is 7.11 Å². The number of carbonyl (C=O) groups is 2. The molecule has 3 N–H and O–H groups in total. The fourth-order valence-electron chi connectivity index (χ4n) is 2.92. The van der Waals surface area contributed by atoms with E-state index < -0.39 is 18.0 Å². The summed E-state index contributed by atoms with van der Waals surface area (Å²) in [6, 6.07) is 2.21. The van der Waals surface area contributed by atoms with Crippen LogP contribution in [-0.2, 0) is 16.0 Å². The highest BCUT2D eigenvalue weighted by atomic mass is 16.5. The number of allylic oxidation sites excluding steroid dienone is 2. The zero-order chi connectivity index (χ0) is 19.3. The van der Waals surface area contributed by atoms with E-state index in [0.29, 0.717) is 35.2 Å². The topological polar surface area (TPSA) is 96.9 Å². The monoisotopic (exact) mass is 360 g/mol. The van der Waals surface area contributed by atoms with Gasteiger partial charge in [-0.1, -0.05) is 13.0 Å². The van der Waals surface area contributed by atoms with E-state index in [9.17, 15) is 14.7 Å². The maximum atomic E-state index is 12.5. The zero-order valence-electron chi connectivity index (χ0n) is 15.2. The lowest BCUT2D eigenvalue weighted by molar-refractivity contribution is -0.139. The molecule has 0 fully saturated rings. The van der Waals surface area contributed by atoms with E-state index in [1.54, 1.807) is 25.1 Å². The third-order valence-electron chi connectivity index (χ3n) is 4.10. The molecule has 1 aliphatic rings. The van der Waals surface area contributed by atoms with E-state index in [0.717, 1.165) is 0 Å². The predicted octanol–water partition coefficient (Wildman–Crippen LogP) is 2.71. The van der Waals surface area contributed by atoms with Gasteiger partial charge in [-0.05, 0) is 37.5 Å². The van der Waals surface area contributed by atoms with Gasteiger partial charge in [-0.15, -0.1) is 6.58 Å². The molecule has 2 rings (SSSR count). The smallest absolute Gasteiger partial charge is 0.338 e. The van der Waals surface area contributed by atoms with Gasteiger partial charge < -0.3 is 25.2 Å². The Bertz CT molecular complexity index is 755. The number of hydrogen-bond acceptors (Lipinski definition) is 5. The first-order chi connectivity index (χ1) is 12.5. The second kappa shape index (κ2) is 8.42. The average molecular weight is 360 g/mol. The van der Waals surface area contributed by atoms with E-state index in [4.69, 9.17) is 9.47 Å². The molecule has 0 saturated heterocycles. The lowest BCUT2D eigenvalue weighted by Gasteiger charge is -2.29. The van der Waals surface area contributed by atoms with Gasteiger partial charge in [0, 0.05) is 11.3 Å². The van der Waals surface area contributed by atoms with Crippen LogP contribution in [0.4, 0.5) is 4.79 Å². The van der Waals surface area contributed by atoms with Crippen LogP contribution in [0.3, 0.4) is 0 Å². The van der Waals surface area contributed by atoms with Crippen molar-refractivity contribution >= 4 is 12.0 Å². The molecule has 1 heterocycles. The van der Waals surface area contributed by atoms with Crippen molar-refractivity contribution in [3.63, 3.8) is 0 Å². The van der Waals surface area contributed by atoms with Gasteiger partial charge in [-0.25, -0.2) is 9.59 Å². The Morgan fingerprint density at radius 3 is 2.69 bits per heavy atom. The van der Waals surface area contributed by atoms with Crippen molar-refractivity contribution in [3.05, 3.63) is 47.2 Å². The second-order valence-electron chi connectivity index (χ2n) is 5.72. The molecular formula is C19H24N2O5. The van der Waals surface area contributed by atoms with Gasteiger partial charge in [0.15, 0.2) is 11.5 Å². The minimum absolute atomic E-state index is 0.00814. The van der Waals surface area contributed by atoms with Crippen molar-refractivity contribution in [2.45, 2.75) is 32.7 Å². The van der Waals surface area contributed by atoms with Crippen molar-refractivity contribution < 1.29 is 24.2 Å². The number of amides is 2. The van der Waals surface area contributed by atoms with Gasteiger partial charge in [-0.3, -0.25) is 0 Å². The Hall–Kier alpha value is -2.96. The Kier molecular flexibility index (Phi) is 6.27. The van der Waals surface area contributed by atoms with Crippen LogP contribution < -0.4 is 15.4 Å². The molecule has 0 saturated carbocycles. The molecule has 1 atom stereocenters. The van der Waals surface area contributed by atoms with Crippen LogP contribution in [0.2, 0.25) is 0 Å². The predicted molar refractivity (Wildman–Crippen MR) is 96.9 cm³/mol. The van der Waals surface area contributed by atoms with Gasteiger partial charge in [0.1, 0.15) is 0 Å². The molecule has 140 valence electrons. The normalized spacial score (nSPS) is 16.6. The molecular weight excluding hydrogens is 336 g/mol. The highest BCUT2D eigenvalue weighted by molar-refractivity contribution is 5.95. The number of phenolic OH excluding ortho intramolecular Hbond substituents is 1. The van der Waals surface area contributed by atoms with Crippen molar-refractivity contribution in [2.75, 3.05) is 13.7 Å². The summed E-state index contributed by atoms with van der Waals surface area (Å²) in [5.41, 5.74) is 2.05. The Balaban J connectivity index is 2.62. The molecule has 2 amide bonds. The standard InChI is InChI=1S/C19H24N2O5/c1-5-8-11-9-12(10-14(25-4)17(11)22)16-15(18(23)26-7-3)13(6-2)20-19(24)21-16/h5,9-10,16,22H,1,6-8H2,2-4H3,(H2,20,21,24). The number of hydrogen-bond donors (Lipinski definition) is 3. The summed E-state index contributed by atoms with van der Waals surface area (Å²) in [7, 11) is 1.44. The zero-order valence-corrected chi connectivity index (χ0v) is 15.2. The van der Waals surface area contributed by atoms with E-state index >= 15 is 0 Å². The van der Waals surface area contributed by atoms with Gasteiger partial charge in [0.25, 0.3) is 0 Å². The lowest BCUT2D eigenvalue weighted by atomic mass is 9.92. The fraction of sp³-hybridized carbons (Fsp3) is 0.368. The maximum Gasteiger partial charge on any atom is 0.338 e. The van der Waals surface area contributed by atoms with Crippen LogP contribution >= 0.6 is 0 Å². The summed E-state index contributed by atoms with van der Waals surface area (Å²) in [4.78, 5) is 24.6. The molecule has 7 heteroatoms. The highest BCUT2D eigenvalue weighted by Gasteiger charge is 2.33. The summed E-state index contributed by atoms with van der Waals surface area (Å²) >= 11 is 0. The SMILES string of the molecule is C=CCc1cc(C2NC(=O)NC(CC)=C2C(=O)OCC)cc(OC)c1O. The average Bonchev–Trinajstić information content (AvgIpc) is 2.62. The number of esters is 1. The summed E-state index contributed by atoms with van der Waals surface area (Å²) in [5.74, 6) is -0.235.